The van der Waals surface area contributed by atoms with Crippen LogP contribution < -0.4 is 62.7 Å². The summed E-state index contributed by atoms with van der Waals surface area (Å²) in [6, 6.07) is 10.5. The van der Waals surface area contributed by atoms with Crippen molar-refractivity contribution < 1.29 is 106 Å². The van der Waals surface area contributed by atoms with Gasteiger partial charge in [0.25, 0.3) is 0 Å². The first-order chi connectivity index (χ1) is 58.1. The normalized spacial score (nSPS) is 27.4. The molecule has 14 aliphatic heterocycles. The van der Waals surface area contributed by atoms with Crippen LogP contribution in [0.15, 0.2) is 36.4 Å². The zero-order valence-electron chi connectivity index (χ0n) is 70.3. The van der Waals surface area contributed by atoms with E-state index < -0.39 is 106 Å². The summed E-state index contributed by atoms with van der Waals surface area (Å²) in [4.78, 5) is 78.7. The van der Waals surface area contributed by atoms with Crippen molar-refractivity contribution in [2.24, 2.45) is 0 Å². The number of nitrogens with one attached hydrogen (secondary N) is 2. The third-order valence-corrected chi connectivity index (χ3v) is 29.2. The number of aromatic hydroxyl groups is 3. The molecule has 5 N–H and O–H groups in total. The van der Waals surface area contributed by atoms with Crippen molar-refractivity contribution in [1.29, 1.82) is 10.5 Å². The summed E-state index contributed by atoms with van der Waals surface area (Å²) in [5.41, 5.74) is 7.84. The minimum Gasteiger partial charge on any atom is -0.504 e. The van der Waals surface area contributed by atoms with E-state index in [1.54, 1.807) is 52.1 Å². The zero-order chi connectivity index (χ0) is 85.6. The van der Waals surface area contributed by atoms with Gasteiger partial charge in [0.05, 0.1) is 75.2 Å². The number of aryl methyl sites for hydroxylation is 2. The second-order valence-electron chi connectivity index (χ2n) is 34.0. The van der Waals surface area contributed by atoms with Crippen LogP contribution in [0.2, 0.25) is 0 Å². The smallest absolute Gasteiger partial charge is 0.504 e. The number of hydrogen-bond donors (Lipinski definition) is 5. The van der Waals surface area contributed by atoms with Gasteiger partial charge in [-0.05, 0) is 170 Å². The molecular formula is C89H100N8O22S2. The molecule has 0 aromatic heterocycles. The number of nitrogens with zero attached hydrogens (tertiary/aromatic N) is 6. The van der Waals surface area contributed by atoms with Crippen LogP contribution in [0.1, 0.15) is 184 Å². The lowest BCUT2D eigenvalue weighted by Gasteiger charge is -2.62. The summed E-state index contributed by atoms with van der Waals surface area (Å²) < 4.78 is 84.6. The molecule has 0 amide bonds. The summed E-state index contributed by atoms with van der Waals surface area (Å²) in [5, 5.41) is 63.4. The molecule has 30 nitrogen and oxygen atoms in total. The molecule has 0 radical (unpaired) electrons. The van der Waals surface area contributed by atoms with Gasteiger partial charge in [-0.1, -0.05) is 26.0 Å². The van der Waals surface area contributed by atoms with Gasteiger partial charge in [0.15, 0.2) is 80.1 Å². The van der Waals surface area contributed by atoms with E-state index in [0.717, 1.165) is 33.4 Å². The van der Waals surface area contributed by atoms with Gasteiger partial charge in [0.2, 0.25) is 13.6 Å². The Morgan fingerprint density at radius 2 is 0.975 bits per heavy atom. The molecule has 14 aliphatic rings. The van der Waals surface area contributed by atoms with Crippen LogP contribution >= 0.6 is 23.5 Å². The highest BCUT2D eigenvalue weighted by atomic mass is 32.2. The fourth-order valence-electron chi connectivity index (χ4n) is 21.2. The van der Waals surface area contributed by atoms with Crippen molar-refractivity contribution in [2.75, 3.05) is 93.9 Å². The number of methoxy groups -OCH3 is 4. The van der Waals surface area contributed by atoms with Crippen LogP contribution in [0.4, 0.5) is 4.79 Å². The molecule has 14 heterocycles. The Morgan fingerprint density at radius 3 is 1.39 bits per heavy atom. The van der Waals surface area contributed by atoms with E-state index in [-0.39, 0.29) is 97.7 Å². The fraction of sp³-hybridized carbons (Fsp3) is 0.517. The van der Waals surface area contributed by atoms with E-state index in [1.807, 2.05) is 67.8 Å². The van der Waals surface area contributed by atoms with Gasteiger partial charge in [0.1, 0.15) is 42.4 Å². The standard InChI is InChI=1S/C47H54N4O12S.C42H46N4O10S/c1-10-11-32(52)62-40-23(3)41-42(60-21-59-41)34-29-19-58-44(54)47(26-17-30(56-8)31(16-24(26)12-13-49-47)61-45(55)63-46(4,5)6)20-64-43(35(34)40)37-36-33-25(14-22(2)39(57-9)38(33)53)15-27(50(36)7)28(18-48)51(29)37;1-7-8-29(48)56-37-20(3)38-39(55-18-54-38)31-26-16-53-41(50)42(23-14-28(51-5)27(47)13-21(23)9-10-44-42)17-57-40(32(31)37)34-33-30-22(11-19(2)36(52-6)35(30)49)12-24(45(33)4)25(15-43)46(26)34/h14,16-17,27-29,36-37,43,49,53H,10-13,15,19-21H2,1-9H3;11,13-14,24-26,33-34,40,44,47,49H,7-10,12,16-18H2,1-6H3/t27-,28-,29-,36+,37?,43+,47+;24-,25-,26-,33+,34?,40+,42+/m00/s1. The number of phenolic OH excluding ortho intramolecular Hbond substituents is 3. The molecule has 20 rings (SSSR count). The molecule has 4 saturated heterocycles. The summed E-state index contributed by atoms with van der Waals surface area (Å²) in [6.07, 6.45) is 2.63. The highest BCUT2D eigenvalue weighted by Crippen LogP contribution is 2.68. The van der Waals surface area contributed by atoms with Gasteiger partial charge < -0.3 is 81.6 Å². The summed E-state index contributed by atoms with van der Waals surface area (Å²) >= 11 is 2.96. The van der Waals surface area contributed by atoms with Gasteiger partial charge in [0, 0.05) is 106 Å². The van der Waals surface area contributed by atoms with Crippen LogP contribution in [-0.2, 0) is 70.1 Å². The van der Waals surface area contributed by atoms with Crippen LogP contribution in [-0.4, -0.2) is 201 Å². The molecule has 2 spiro atoms. The summed E-state index contributed by atoms with van der Waals surface area (Å²) in [6.45, 7) is 16.8. The average molecular weight is 1700 g/mol. The maximum atomic E-state index is 15.1. The maximum absolute atomic E-state index is 15.1. The van der Waals surface area contributed by atoms with E-state index in [9.17, 15) is 45.0 Å². The predicted octanol–water partition coefficient (Wildman–Crippen LogP) is 11.1. The van der Waals surface area contributed by atoms with Gasteiger partial charge in [-0.25, -0.2) is 14.4 Å². The first-order valence-electron chi connectivity index (χ1n) is 41.1. The zero-order valence-corrected chi connectivity index (χ0v) is 71.9. The van der Waals surface area contributed by atoms with Crippen molar-refractivity contribution >= 4 is 53.6 Å². The Labute approximate surface area is 709 Å². The number of esters is 4. The number of rotatable bonds is 11. The second kappa shape index (κ2) is 31.6. The molecule has 6 aromatic rings. The fourth-order valence-corrected chi connectivity index (χ4v) is 24.6. The molecule has 0 aliphatic carbocycles. The summed E-state index contributed by atoms with van der Waals surface area (Å²) in [7, 11) is 9.98. The number of carbonyl (C=O) groups is 5. The number of nitriles is 2. The van der Waals surface area contributed by atoms with Crippen molar-refractivity contribution in [3.8, 4) is 92.6 Å². The predicted molar refractivity (Wildman–Crippen MR) is 440 cm³/mol. The molecule has 121 heavy (non-hydrogen) atoms. The summed E-state index contributed by atoms with van der Waals surface area (Å²) in [5.74, 6) is 2.26. The van der Waals surface area contributed by atoms with Crippen molar-refractivity contribution in [3.63, 3.8) is 0 Å². The number of benzene rings is 6. The van der Waals surface area contributed by atoms with Crippen LogP contribution in [0.25, 0.3) is 0 Å². The lowest BCUT2D eigenvalue weighted by atomic mass is 9.71. The Morgan fingerprint density at radius 1 is 0.545 bits per heavy atom. The minimum atomic E-state index is -1.45. The molecule has 8 bridgehead atoms. The minimum absolute atomic E-state index is 0.0216. The van der Waals surface area contributed by atoms with Crippen molar-refractivity contribution in [1.82, 2.24) is 30.2 Å². The SMILES string of the molecule is CCCC(=O)Oc1c(C)c2c(c3c1[C@H]1SC[C@]4(NCCc5cc(O)c(OC)cc54)C(=O)OC[C@@H]3N3C1[C@H]1c4c(cc(C)c(OC)c4O)C[C@@H]([C@@H]3C#N)N1C)OCO2.CCCC(=O)Oc1c(C)c2c(c3c1[C@H]1SC[C@]4(NCCc5cc(OC(=O)OC(C)(C)C)c(OC)cc54)C(=O)OC[C@@H]3N3C1[C@H]1c4c(cc(C)c(OC)c4O)C[C@@H]([C@@H]3C#N)N1C)OCO2. The van der Waals surface area contributed by atoms with Crippen LogP contribution in [0.3, 0.4) is 0 Å². The second-order valence-corrected chi connectivity index (χ2v) is 36.2. The molecule has 32 heteroatoms. The van der Waals surface area contributed by atoms with E-state index in [4.69, 9.17) is 66.3 Å². The van der Waals surface area contributed by atoms with E-state index >= 15 is 4.79 Å². The van der Waals surface area contributed by atoms with Gasteiger partial charge in [-0.3, -0.25) is 39.8 Å². The molecule has 4 fully saturated rings. The van der Waals surface area contributed by atoms with Gasteiger partial charge >= 0.3 is 30.0 Å². The monoisotopic (exact) mass is 1700 g/mol. The average Bonchev–Trinajstić information content (AvgIpc) is 1.48. The van der Waals surface area contributed by atoms with Crippen molar-refractivity contribution in [2.45, 2.75) is 201 Å². The third-order valence-electron chi connectivity index (χ3n) is 26.3. The molecule has 0 saturated carbocycles. The lowest BCUT2D eigenvalue weighted by Crippen LogP contribution is -2.69. The molecule has 14 atom stereocenters. The number of phenols is 3. The van der Waals surface area contributed by atoms with E-state index in [0.29, 0.717) is 153 Å². The lowest BCUT2D eigenvalue weighted by molar-refractivity contribution is -0.158. The number of carbonyl (C=O) groups excluding carboxylic acids is 5. The van der Waals surface area contributed by atoms with E-state index in [2.05, 4.69) is 42.4 Å². The first kappa shape index (κ1) is 83.0. The highest BCUT2D eigenvalue weighted by molar-refractivity contribution is 7.99. The van der Waals surface area contributed by atoms with Crippen LogP contribution in [0, 0.1) is 50.4 Å². The highest BCUT2D eigenvalue weighted by Gasteiger charge is 2.65. The van der Waals surface area contributed by atoms with Gasteiger partial charge in [-0.2, -0.15) is 10.5 Å². The molecule has 6 aromatic carbocycles. The molecular weight excluding hydrogens is 1600 g/mol. The topological polar surface area (TPSA) is 360 Å². The third kappa shape index (κ3) is 13.0. The Kier molecular flexibility index (Phi) is 21.6. The quantitative estimate of drug-likeness (QED) is 0.0348. The van der Waals surface area contributed by atoms with Crippen molar-refractivity contribution in [3.05, 3.63) is 125 Å². The first-order valence-corrected chi connectivity index (χ1v) is 43.2. The Bertz CT molecular complexity index is 5410. The molecule has 640 valence electrons. The molecule has 2 unspecified atom stereocenters. The van der Waals surface area contributed by atoms with E-state index in [1.165, 1.54) is 44.9 Å². The number of likely N-dealkylation sites (N-methyl/N-ethyl adjacent to an activating group) is 2. The number of ether oxygens (including phenoxy) is 14. The Hall–Kier alpha value is -10.3. The largest absolute Gasteiger partial charge is 0.514 e. The number of hydrogen-bond acceptors (Lipinski definition) is 32. The van der Waals surface area contributed by atoms with Crippen LogP contribution in [0.5, 0.6) is 80.5 Å². The number of fused-ring (bicyclic) bond motifs is 18. The Balaban J connectivity index is 0.000000173. The number of piperazine rings is 2. The number of thioether (sulfide) groups is 2. The maximum Gasteiger partial charge on any atom is 0.514 e. The van der Waals surface area contributed by atoms with Gasteiger partial charge in [-0.15, -0.1) is 23.5 Å².